The molecule has 2 N–H and O–H groups in total. The number of carboxylic acid groups (broad SMARTS) is 2. The summed E-state index contributed by atoms with van der Waals surface area (Å²) in [4.78, 5) is 19.6. The Balaban J connectivity index is 0.000000336. The van der Waals surface area contributed by atoms with Crippen LogP contribution >= 0.6 is 11.6 Å². The molecular formula is C10H11ClO4. The van der Waals surface area contributed by atoms with Crippen molar-refractivity contribution in [3.05, 3.63) is 34.9 Å². The average Bonchev–Trinajstić information content (AvgIpc) is 2.19. The Morgan fingerprint density at radius 2 is 1.60 bits per heavy atom. The van der Waals surface area contributed by atoms with Crippen LogP contribution in [0.25, 0.3) is 0 Å². The van der Waals surface area contributed by atoms with Crippen LogP contribution in [-0.4, -0.2) is 22.2 Å². The molecule has 0 heterocycles. The van der Waals surface area contributed by atoms with Gasteiger partial charge in [0.1, 0.15) is 0 Å². The zero-order valence-electron chi connectivity index (χ0n) is 8.11. The largest absolute Gasteiger partial charge is 0.481 e. The molecule has 0 radical (unpaired) electrons. The highest BCUT2D eigenvalue weighted by molar-refractivity contribution is 6.30. The second kappa shape index (κ2) is 6.84. The highest BCUT2D eigenvalue weighted by Gasteiger charge is 1.99. The molecule has 5 heteroatoms. The van der Waals surface area contributed by atoms with Crippen LogP contribution in [0.3, 0.4) is 0 Å². The number of aliphatic carboxylic acids is 1. The van der Waals surface area contributed by atoms with E-state index in [9.17, 15) is 9.59 Å². The van der Waals surface area contributed by atoms with Crippen LogP contribution in [0.5, 0.6) is 0 Å². The summed E-state index contributed by atoms with van der Waals surface area (Å²) in [5.74, 6) is -1.68. The second-order valence-electron chi connectivity index (χ2n) is 2.56. The van der Waals surface area contributed by atoms with Crippen molar-refractivity contribution in [1.29, 1.82) is 0 Å². The summed E-state index contributed by atoms with van der Waals surface area (Å²) < 4.78 is 0. The van der Waals surface area contributed by atoms with Gasteiger partial charge in [-0.05, 0) is 24.3 Å². The maximum absolute atomic E-state index is 10.3. The minimum Gasteiger partial charge on any atom is -0.481 e. The molecule has 1 rings (SSSR count). The van der Waals surface area contributed by atoms with Crippen molar-refractivity contribution >= 4 is 23.5 Å². The van der Waals surface area contributed by atoms with E-state index in [0.29, 0.717) is 5.02 Å². The van der Waals surface area contributed by atoms with Crippen LogP contribution < -0.4 is 0 Å². The Hall–Kier alpha value is -1.55. The summed E-state index contributed by atoms with van der Waals surface area (Å²) in [5.41, 5.74) is 0.254. The smallest absolute Gasteiger partial charge is 0.335 e. The lowest BCUT2D eigenvalue weighted by Gasteiger charge is -1.91. The van der Waals surface area contributed by atoms with Crippen LogP contribution in [0.15, 0.2) is 24.3 Å². The molecular weight excluding hydrogens is 220 g/mol. The quantitative estimate of drug-likeness (QED) is 0.819. The number of hydrogen-bond donors (Lipinski definition) is 2. The average molecular weight is 231 g/mol. The number of aromatic carboxylic acids is 1. The van der Waals surface area contributed by atoms with Crippen molar-refractivity contribution < 1.29 is 19.8 Å². The van der Waals surface area contributed by atoms with E-state index in [0.717, 1.165) is 0 Å². The third kappa shape index (κ3) is 6.51. The van der Waals surface area contributed by atoms with Gasteiger partial charge in [-0.2, -0.15) is 0 Å². The monoisotopic (exact) mass is 230 g/mol. The van der Waals surface area contributed by atoms with Crippen molar-refractivity contribution in [1.82, 2.24) is 0 Å². The molecule has 0 aliphatic heterocycles. The summed E-state index contributed by atoms with van der Waals surface area (Å²) in [5, 5.41) is 16.7. The van der Waals surface area contributed by atoms with Gasteiger partial charge in [-0.25, -0.2) is 4.79 Å². The van der Waals surface area contributed by atoms with E-state index in [1.165, 1.54) is 12.1 Å². The van der Waals surface area contributed by atoms with Gasteiger partial charge in [-0.1, -0.05) is 18.5 Å². The van der Waals surface area contributed by atoms with Crippen LogP contribution in [0.4, 0.5) is 0 Å². The van der Waals surface area contributed by atoms with E-state index in [2.05, 4.69) is 0 Å². The number of benzene rings is 1. The third-order valence-corrected chi connectivity index (χ3v) is 1.65. The second-order valence-corrected chi connectivity index (χ2v) is 3.00. The standard InChI is InChI=1S/C7H5ClO2.C3H6O2/c8-6-3-1-5(2-4-6)7(9)10;1-2-3(4)5/h1-4H,(H,9,10);2H2,1H3,(H,4,5). The summed E-state index contributed by atoms with van der Waals surface area (Å²) >= 11 is 5.52. The Bertz CT molecular complexity index is 332. The topological polar surface area (TPSA) is 74.6 Å². The summed E-state index contributed by atoms with van der Waals surface area (Å²) in [6.07, 6.45) is 0.222. The van der Waals surface area contributed by atoms with E-state index in [1.807, 2.05) is 0 Å². The van der Waals surface area contributed by atoms with Crippen molar-refractivity contribution in [2.45, 2.75) is 13.3 Å². The Labute approximate surface area is 92.1 Å². The molecule has 0 saturated carbocycles. The van der Waals surface area contributed by atoms with Gasteiger partial charge in [0.05, 0.1) is 5.56 Å². The van der Waals surface area contributed by atoms with Crippen molar-refractivity contribution in [2.75, 3.05) is 0 Å². The molecule has 0 aromatic heterocycles. The fraction of sp³-hybridized carbons (Fsp3) is 0.200. The molecule has 0 fully saturated rings. The van der Waals surface area contributed by atoms with Gasteiger partial charge in [0.25, 0.3) is 0 Å². The summed E-state index contributed by atoms with van der Waals surface area (Å²) in [6.45, 7) is 1.60. The van der Waals surface area contributed by atoms with E-state index in [-0.39, 0.29) is 12.0 Å². The lowest BCUT2D eigenvalue weighted by atomic mass is 10.2. The minimum atomic E-state index is -0.934. The predicted octanol–water partition coefficient (Wildman–Crippen LogP) is 2.52. The van der Waals surface area contributed by atoms with E-state index in [4.69, 9.17) is 21.8 Å². The predicted molar refractivity (Wildman–Crippen MR) is 56.3 cm³/mol. The van der Waals surface area contributed by atoms with Crippen molar-refractivity contribution in [3.63, 3.8) is 0 Å². The van der Waals surface area contributed by atoms with Gasteiger partial charge in [0.15, 0.2) is 0 Å². The Morgan fingerprint density at radius 3 is 1.87 bits per heavy atom. The Kier molecular flexibility index (Phi) is 6.13. The molecule has 15 heavy (non-hydrogen) atoms. The van der Waals surface area contributed by atoms with Crippen molar-refractivity contribution in [3.8, 4) is 0 Å². The molecule has 0 atom stereocenters. The molecule has 82 valence electrons. The Morgan fingerprint density at radius 1 is 1.20 bits per heavy atom. The van der Waals surface area contributed by atoms with Gasteiger partial charge < -0.3 is 10.2 Å². The van der Waals surface area contributed by atoms with E-state index >= 15 is 0 Å². The molecule has 0 spiro atoms. The number of halogens is 1. The van der Waals surface area contributed by atoms with E-state index < -0.39 is 11.9 Å². The minimum absolute atomic E-state index is 0.222. The molecule has 0 saturated heterocycles. The summed E-state index contributed by atoms with van der Waals surface area (Å²) in [6, 6.07) is 6.02. The highest BCUT2D eigenvalue weighted by atomic mass is 35.5. The molecule has 0 aliphatic carbocycles. The van der Waals surface area contributed by atoms with Crippen molar-refractivity contribution in [2.24, 2.45) is 0 Å². The lowest BCUT2D eigenvalue weighted by molar-refractivity contribution is -0.136. The summed E-state index contributed by atoms with van der Waals surface area (Å²) in [7, 11) is 0. The first kappa shape index (κ1) is 13.5. The molecule has 1 aromatic rings. The van der Waals surface area contributed by atoms with Gasteiger partial charge in [0, 0.05) is 11.4 Å². The number of hydrogen-bond acceptors (Lipinski definition) is 2. The van der Waals surface area contributed by atoms with E-state index in [1.54, 1.807) is 19.1 Å². The molecule has 0 unspecified atom stereocenters. The highest BCUT2D eigenvalue weighted by Crippen LogP contribution is 2.08. The molecule has 0 amide bonds. The molecule has 1 aromatic carbocycles. The molecule has 0 aliphatic rings. The van der Waals surface area contributed by atoms with Gasteiger partial charge in [-0.15, -0.1) is 0 Å². The number of carbonyl (C=O) groups is 2. The maximum atomic E-state index is 10.3. The fourth-order valence-corrected chi connectivity index (χ4v) is 0.718. The molecule has 0 bridgehead atoms. The molecule has 4 nitrogen and oxygen atoms in total. The van der Waals surface area contributed by atoms with Gasteiger partial charge in [0.2, 0.25) is 0 Å². The zero-order chi connectivity index (χ0) is 11.8. The third-order valence-electron chi connectivity index (χ3n) is 1.39. The lowest BCUT2D eigenvalue weighted by Crippen LogP contribution is -1.94. The first-order valence-electron chi connectivity index (χ1n) is 4.18. The van der Waals surface area contributed by atoms with Crippen LogP contribution in [0.2, 0.25) is 5.02 Å². The van der Waals surface area contributed by atoms with Crippen LogP contribution in [0.1, 0.15) is 23.7 Å². The number of carboxylic acids is 2. The fourth-order valence-electron chi connectivity index (χ4n) is 0.592. The number of rotatable bonds is 2. The zero-order valence-corrected chi connectivity index (χ0v) is 8.86. The first-order chi connectivity index (χ1) is 6.97. The van der Waals surface area contributed by atoms with Crippen LogP contribution in [-0.2, 0) is 4.79 Å². The maximum Gasteiger partial charge on any atom is 0.335 e. The first-order valence-corrected chi connectivity index (χ1v) is 4.55. The van der Waals surface area contributed by atoms with Crippen LogP contribution in [0, 0.1) is 0 Å². The van der Waals surface area contributed by atoms with Gasteiger partial charge in [-0.3, -0.25) is 4.79 Å². The van der Waals surface area contributed by atoms with Gasteiger partial charge >= 0.3 is 11.9 Å². The SMILES string of the molecule is CCC(=O)O.O=C(O)c1ccc(Cl)cc1. The normalized spacial score (nSPS) is 8.67.